The largest absolute Gasteiger partial charge is 0.309 e. The molecule has 0 saturated carbocycles. The zero-order valence-electron chi connectivity index (χ0n) is 9.89. The van der Waals surface area contributed by atoms with Gasteiger partial charge in [0.15, 0.2) is 0 Å². The first-order chi connectivity index (χ1) is 9.06. The molecular formula is C14H11Br2F2N. The minimum absolute atomic E-state index is 0.252. The molecule has 0 aliphatic carbocycles. The zero-order valence-corrected chi connectivity index (χ0v) is 13.1. The average molecular weight is 391 g/mol. The summed E-state index contributed by atoms with van der Waals surface area (Å²) in [6.45, 7) is 0.874. The van der Waals surface area contributed by atoms with E-state index in [1.54, 1.807) is 18.2 Å². The van der Waals surface area contributed by atoms with Crippen LogP contribution in [0.5, 0.6) is 0 Å². The number of benzene rings is 2. The molecule has 1 N–H and O–H groups in total. The first kappa shape index (κ1) is 14.6. The van der Waals surface area contributed by atoms with Gasteiger partial charge in [0.2, 0.25) is 0 Å². The molecule has 0 radical (unpaired) electrons. The smallest absolute Gasteiger partial charge is 0.137 e. The van der Waals surface area contributed by atoms with Crippen LogP contribution in [0.3, 0.4) is 0 Å². The lowest BCUT2D eigenvalue weighted by Gasteiger charge is -2.07. The van der Waals surface area contributed by atoms with Gasteiger partial charge in [0.05, 0.1) is 4.47 Å². The maximum Gasteiger partial charge on any atom is 0.137 e. The molecule has 2 aromatic rings. The van der Waals surface area contributed by atoms with Crippen LogP contribution in [-0.2, 0) is 13.1 Å². The Bertz CT molecular complexity index is 588. The van der Waals surface area contributed by atoms with E-state index in [2.05, 4.69) is 37.2 Å². The quantitative estimate of drug-likeness (QED) is 0.792. The van der Waals surface area contributed by atoms with Crippen molar-refractivity contribution in [1.29, 1.82) is 0 Å². The summed E-state index contributed by atoms with van der Waals surface area (Å²) >= 11 is 6.40. The fourth-order valence-corrected chi connectivity index (χ4v) is 2.33. The summed E-state index contributed by atoms with van der Waals surface area (Å²) in [6, 6.07) is 9.73. The van der Waals surface area contributed by atoms with Crippen LogP contribution in [0.15, 0.2) is 45.3 Å². The van der Waals surface area contributed by atoms with E-state index < -0.39 is 0 Å². The van der Waals surface area contributed by atoms with Gasteiger partial charge >= 0.3 is 0 Å². The monoisotopic (exact) mass is 389 g/mol. The predicted molar refractivity (Wildman–Crippen MR) is 78.7 cm³/mol. The third-order valence-corrected chi connectivity index (χ3v) is 3.77. The SMILES string of the molecule is Fc1cc(CNCc2cc(Br)ccc2F)ccc1Br. The highest BCUT2D eigenvalue weighted by Gasteiger charge is 2.04. The van der Waals surface area contributed by atoms with Gasteiger partial charge in [-0.2, -0.15) is 0 Å². The highest BCUT2D eigenvalue weighted by molar-refractivity contribution is 9.10. The van der Waals surface area contributed by atoms with E-state index >= 15 is 0 Å². The molecule has 2 rings (SSSR count). The van der Waals surface area contributed by atoms with Crippen LogP contribution in [0.4, 0.5) is 8.78 Å². The molecule has 0 amide bonds. The molecule has 1 nitrogen and oxygen atoms in total. The highest BCUT2D eigenvalue weighted by Crippen LogP contribution is 2.17. The molecule has 19 heavy (non-hydrogen) atoms. The summed E-state index contributed by atoms with van der Waals surface area (Å²) in [5.41, 5.74) is 1.39. The molecule has 0 unspecified atom stereocenters. The Kier molecular flexibility index (Phi) is 5.07. The topological polar surface area (TPSA) is 12.0 Å². The van der Waals surface area contributed by atoms with Gasteiger partial charge in [0.1, 0.15) is 11.6 Å². The highest BCUT2D eigenvalue weighted by atomic mass is 79.9. The van der Waals surface area contributed by atoms with Crippen molar-refractivity contribution in [3.8, 4) is 0 Å². The number of halogens is 4. The van der Waals surface area contributed by atoms with Crippen LogP contribution in [0.25, 0.3) is 0 Å². The van der Waals surface area contributed by atoms with Crippen LogP contribution in [0.1, 0.15) is 11.1 Å². The lowest BCUT2D eigenvalue weighted by Crippen LogP contribution is -2.13. The summed E-state index contributed by atoms with van der Waals surface area (Å²) in [6.07, 6.45) is 0. The molecule has 0 bridgehead atoms. The van der Waals surface area contributed by atoms with E-state index in [4.69, 9.17) is 0 Å². The Morgan fingerprint density at radius 1 is 0.895 bits per heavy atom. The Labute approximate surface area is 127 Å². The second-order valence-electron chi connectivity index (χ2n) is 4.09. The number of nitrogens with one attached hydrogen (secondary N) is 1. The first-order valence-corrected chi connectivity index (χ1v) is 7.23. The van der Waals surface area contributed by atoms with Crippen LogP contribution < -0.4 is 5.32 Å². The van der Waals surface area contributed by atoms with E-state index in [9.17, 15) is 8.78 Å². The van der Waals surface area contributed by atoms with E-state index in [-0.39, 0.29) is 11.6 Å². The van der Waals surface area contributed by atoms with E-state index in [0.29, 0.717) is 23.1 Å². The molecule has 2 aromatic carbocycles. The molecule has 0 aliphatic heterocycles. The lowest BCUT2D eigenvalue weighted by molar-refractivity contribution is 0.584. The third kappa shape index (κ3) is 4.09. The summed E-state index contributed by atoms with van der Waals surface area (Å²) < 4.78 is 28.1. The van der Waals surface area contributed by atoms with Gasteiger partial charge in [-0.3, -0.25) is 0 Å². The van der Waals surface area contributed by atoms with Gasteiger partial charge in [-0.05, 0) is 51.8 Å². The molecule has 0 aliphatic rings. The van der Waals surface area contributed by atoms with Crippen LogP contribution in [0.2, 0.25) is 0 Å². The molecule has 0 saturated heterocycles. The van der Waals surface area contributed by atoms with Crippen molar-refractivity contribution >= 4 is 31.9 Å². The van der Waals surface area contributed by atoms with Crippen molar-refractivity contribution in [2.45, 2.75) is 13.1 Å². The summed E-state index contributed by atoms with van der Waals surface area (Å²) in [5.74, 6) is -0.550. The standard InChI is InChI=1S/C14H11Br2F2N/c15-11-2-4-13(17)10(6-11)8-19-7-9-1-3-12(16)14(18)5-9/h1-6,19H,7-8H2. The van der Waals surface area contributed by atoms with Crippen molar-refractivity contribution in [2.75, 3.05) is 0 Å². The van der Waals surface area contributed by atoms with Crippen LogP contribution in [-0.4, -0.2) is 0 Å². The molecule has 0 heterocycles. The van der Waals surface area contributed by atoms with Gasteiger partial charge in [-0.1, -0.05) is 22.0 Å². The average Bonchev–Trinajstić information content (AvgIpc) is 2.38. The second-order valence-corrected chi connectivity index (χ2v) is 5.86. The first-order valence-electron chi connectivity index (χ1n) is 5.65. The van der Waals surface area contributed by atoms with Crippen molar-refractivity contribution in [2.24, 2.45) is 0 Å². The fraction of sp³-hybridized carbons (Fsp3) is 0.143. The fourth-order valence-electron chi connectivity index (χ4n) is 1.67. The molecule has 5 heteroatoms. The van der Waals surface area contributed by atoms with E-state index in [0.717, 1.165) is 10.0 Å². The molecular weight excluding hydrogens is 380 g/mol. The van der Waals surface area contributed by atoms with Crippen molar-refractivity contribution in [3.05, 3.63) is 68.1 Å². The van der Waals surface area contributed by atoms with E-state index in [1.165, 1.54) is 12.1 Å². The normalized spacial score (nSPS) is 10.7. The lowest BCUT2D eigenvalue weighted by atomic mass is 10.2. The summed E-state index contributed by atoms with van der Waals surface area (Å²) in [5, 5.41) is 3.09. The van der Waals surface area contributed by atoms with Crippen molar-refractivity contribution in [1.82, 2.24) is 5.32 Å². The molecule has 0 fully saturated rings. The molecule has 0 spiro atoms. The second kappa shape index (κ2) is 6.59. The van der Waals surface area contributed by atoms with Crippen LogP contribution >= 0.6 is 31.9 Å². The minimum atomic E-state index is -0.298. The molecule has 0 aromatic heterocycles. The number of rotatable bonds is 4. The Morgan fingerprint density at radius 3 is 2.42 bits per heavy atom. The van der Waals surface area contributed by atoms with E-state index in [1.807, 2.05) is 6.07 Å². The van der Waals surface area contributed by atoms with Gasteiger partial charge < -0.3 is 5.32 Å². The predicted octanol–water partition coefficient (Wildman–Crippen LogP) is 4.78. The third-order valence-electron chi connectivity index (χ3n) is 2.64. The Hall–Kier alpha value is -0.780. The maximum absolute atomic E-state index is 13.5. The Balaban J connectivity index is 1.96. The van der Waals surface area contributed by atoms with Crippen molar-refractivity contribution in [3.63, 3.8) is 0 Å². The minimum Gasteiger partial charge on any atom is -0.309 e. The molecule has 100 valence electrons. The van der Waals surface area contributed by atoms with Crippen molar-refractivity contribution < 1.29 is 8.78 Å². The van der Waals surface area contributed by atoms with Gasteiger partial charge in [0.25, 0.3) is 0 Å². The van der Waals surface area contributed by atoms with Gasteiger partial charge in [-0.15, -0.1) is 0 Å². The van der Waals surface area contributed by atoms with Gasteiger partial charge in [-0.25, -0.2) is 8.78 Å². The number of hydrogen-bond acceptors (Lipinski definition) is 1. The summed E-state index contributed by atoms with van der Waals surface area (Å²) in [4.78, 5) is 0. The molecule has 0 atom stereocenters. The van der Waals surface area contributed by atoms with Crippen LogP contribution in [0, 0.1) is 11.6 Å². The summed E-state index contributed by atoms with van der Waals surface area (Å²) in [7, 11) is 0. The maximum atomic E-state index is 13.5. The Morgan fingerprint density at radius 2 is 1.68 bits per heavy atom. The number of hydrogen-bond donors (Lipinski definition) is 1. The van der Waals surface area contributed by atoms with Gasteiger partial charge in [0, 0.05) is 23.1 Å². The zero-order chi connectivity index (χ0) is 13.8.